The number of nitrogens with zero attached hydrogens (tertiary/aromatic N) is 1. The van der Waals surface area contributed by atoms with Crippen molar-refractivity contribution in [1.82, 2.24) is 0 Å². The topological polar surface area (TPSA) is 102 Å². The lowest BCUT2D eigenvalue weighted by atomic mass is 10.1. The molecule has 2 N–H and O–H groups in total. The summed E-state index contributed by atoms with van der Waals surface area (Å²) in [5.41, 5.74) is 0.673. The quantitative estimate of drug-likeness (QED) is 0.628. The van der Waals surface area contributed by atoms with Gasteiger partial charge in [0.1, 0.15) is 11.4 Å². The smallest absolute Gasteiger partial charge is 0.335 e. The average Bonchev–Trinajstić information content (AvgIpc) is 2.52. The highest BCUT2D eigenvalue weighted by molar-refractivity contribution is 5.89. The summed E-state index contributed by atoms with van der Waals surface area (Å²) in [7, 11) is 1.54. The number of para-hydroxylation sites is 1. The van der Waals surface area contributed by atoms with Crippen molar-refractivity contribution >= 4 is 17.3 Å². The van der Waals surface area contributed by atoms with Gasteiger partial charge in [-0.05, 0) is 18.2 Å². The number of hydrogen-bond donors (Lipinski definition) is 2. The summed E-state index contributed by atoms with van der Waals surface area (Å²) >= 11 is 0. The molecule has 2 aromatic carbocycles. The van der Waals surface area contributed by atoms with E-state index in [1.54, 1.807) is 13.2 Å². The number of nitro benzene ring substituents is 1. The molecule has 0 saturated carbocycles. The van der Waals surface area contributed by atoms with Crippen LogP contribution in [-0.2, 0) is 6.54 Å². The maximum Gasteiger partial charge on any atom is 0.335 e. The zero-order valence-electron chi connectivity index (χ0n) is 11.8. The second kappa shape index (κ2) is 6.57. The Morgan fingerprint density at radius 2 is 2.05 bits per heavy atom. The Bertz CT molecular complexity index is 715. The van der Waals surface area contributed by atoms with Crippen LogP contribution < -0.4 is 10.1 Å². The van der Waals surface area contributed by atoms with Gasteiger partial charge in [0.2, 0.25) is 0 Å². The van der Waals surface area contributed by atoms with Gasteiger partial charge in [-0.3, -0.25) is 10.1 Å². The summed E-state index contributed by atoms with van der Waals surface area (Å²) in [6.07, 6.45) is 0. The van der Waals surface area contributed by atoms with Gasteiger partial charge in [0.05, 0.1) is 17.6 Å². The predicted octanol–water partition coefficient (Wildman–Crippen LogP) is 2.91. The Kier molecular flexibility index (Phi) is 4.57. The number of rotatable bonds is 6. The molecule has 0 saturated heterocycles. The number of ether oxygens (including phenoxy) is 1. The van der Waals surface area contributed by atoms with Gasteiger partial charge in [0, 0.05) is 18.2 Å². The lowest BCUT2D eigenvalue weighted by Crippen LogP contribution is -2.05. The van der Waals surface area contributed by atoms with Gasteiger partial charge >= 0.3 is 5.97 Å². The van der Waals surface area contributed by atoms with Gasteiger partial charge in [0.15, 0.2) is 0 Å². The molecule has 2 aromatic rings. The predicted molar refractivity (Wildman–Crippen MR) is 80.4 cm³/mol. The van der Waals surface area contributed by atoms with Crippen LogP contribution in [0.4, 0.5) is 11.4 Å². The van der Waals surface area contributed by atoms with E-state index in [1.165, 1.54) is 12.1 Å². The Hall–Kier alpha value is -3.09. The molecule has 2 rings (SSSR count). The maximum absolute atomic E-state index is 11.1. The third-order valence-electron chi connectivity index (χ3n) is 3.10. The third kappa shape index (κ3) is 3.32. The summed E-state index contributed by atoms with van der Waals surface area (Å²) in [4.78, 5) is 21.4. The molecular formula is C15H14N2O5. The van der Waals surface area contributed by atoms with Crippen molar-refractivity contribution in [3.63, 3.8) is 0 Å². The molecule has 114 valence electrons. The molecule has 7 nitrogen and oxygen atoms in total. The summed E-state index contributed by atoms with van der Waals surface area (Å²) in [5.74, 6) is -0.542. The number of carboxylic acids is 1. The Morgan fingerprint density at radius 3 is 2.68 bits per heavy atom. The summed E-state index contributed by atoms with van der Waals surface area (Å²) < 4.78 is 5.21. The molecule has 0 fully saturated rings. The van der Waals surface area contributed by atoms with E-state index in [4.69, 9.17) is 9.84 Å². The fraction of sp³-hybridized carbons (Fsp3) is 0.133. The minimum atomic E-state index is -1.21. The first-order valence-corrected chi connectivity index (χ1v) is 6.40. The number of benzene rings is 2. The largest absolute Gasteiger partial charge is 0.496 e. The van der Waals surface area contributed by atoms with Crippen molar-refractivity contribution in [1.29, 1.82) is 0 Å². The molecule has 22 heavy (non-hydrogen) atoms. The van der Waals surface area contributed by atoms with Crippen molar-refractivity contribution in [2.75, 3.05) is 12.4 Å². The van der Waals surface area contributed by atoms with Gasteiger partial charge < -0.3 is 15.2 Å². The summed E-state index contributed by atoms with van der Waals surface area (Å²) in [6, 6.07) is 11.0. The molecule has 0 spiro atoms. The fourth-order valence-electron chi connectivity index (χ4n) is 2.00. The number of carbonyl (C=O) groups is 1. The SMILES string of the molecule is COc1ccccc1CNc1ccc(C(=O)O)cc1[N+](=O)[O-]. The molecule has 0 bridgehead atoms. The number of nitro groups is 1. The first-order valence-electron chi connectivity index (χ1n) is 6.40. The van der Waals surface area contributed by atoms with Gasteiger partial charge in [-0.1, -0.05) is 18.2 Å². The molecule has 0 atom stereocenters. The van der Waals surface area contributed by atoms with E-state index in [2.05, 4.69) is 5.32 Å². The minimum absolute atomic E-state index is 0.130. The highest BCUT2D eigenvalue weighted by atomic mass is 16.6. The minimum Gasteiger partial charge on any atom is -0.496 e. The molecule has 0 radical (unpaired) electrons. The van der Waals surface area contributed by atoms with E-state index in [1.807, 2.05) is 18.2 Å². The lowest BCUT2D eigenvalue weighted by molar-refractivity contribution is -0.384. The van der Waals surface area contributed by atoms with Crippen molar-refractivity contribution < 1.29 is 19.6 Å². The van der Waals surface area contributed by atoms with Crippen molar-refractivity contribution in [2.45, 2.75) is 6.54 Å². The second-order valence-electron chi connectivity index (χ2n) is 4.46. The van der Waals surface area contributed by atoms with E-state index in [0.717, 1.165) is 11.6 Å². The zero-order chi connectivity index (χ0) is 16.1. The van der Waals surface area contributed by atoms with Crippen LogP contribution in [0.2, 0.25) is 0 Å². The van der Waals surface area contributed by atoms with Crippen LogP contribution >= 0.6 is 0 Å². The van der Waals surface area contributed by atoms with E-state index < -0.39 is 10.9 Å². The molecule has 0 unspecified atom stereocenters. The Morgan fingerprint density at radius 1 is 1.32 bits per heavy atom. The van der Waals surface area contributed by atoms with Gasteiger partial charge in [-0.2, -0.15) is 0 Å². The number of nitrogens with one attached hydrogen (secondary N) is 1. The highest BCUT2D eigenvalue weighted by Gasteiger charge is 2.17. The molecular weight excluding hydrogens is 288 g/mol. The van der Waals surface area contributed by atoms with E-state index in [9.17, 15) is 14.9 Å². The van der Waals surface area contributed by atoms with Crippen molar-refractivity contribution in [3.05, 3.63) is 63.7 Å². The van der Waals surface area contributed by atoms with E-state index >= 15 is 0 Å². The first-order chi connectivity index (χ1) is 10.5. The zero-order valence-corrected chi connectivity index (χ0v) is 11.8. The van der Waals surface area contributed by atoms with Crippen LogP contribution in [0.15, 0.2) is 42.5 Å². The second-order valence-corrected chi connectivity index (χ2v) is 4.46. The number of hydrogen-bond acceptors (Lipinski definition) is 5. The molecule has 0 aromatic heterocycles. The van der Waals surface area contributed by atoms with Crippen LogP contribution in [0.3, 0.4) is 0 Å². The van der Waals surface area contributed by atoms with Crippen LogP contribution in [0.25, 0.3) is 0 Å². The van der Waals surface area contributed by atoms with Crippen molar-refractivity contribution in [2.24, 2.45) is 0 Å². The van der Waals surface area contributed by atoms with E-state index in [0.29, 0.717) is 12.3 Å². The molecule has 0 aliphatic rings. The van der Waals surface area contributed by atoms with Crippen LogP contribution in [-0.4, -0.2) is 23.1 Å². The Labute approximate surface area is 126 Å². The van der Waals surface area contributed by atoms with Crippen LogP contribution in [0.5, 0.6) is 5.75 Å². The highest BCUT2D eigenvalue weighted by Crippen LogP contribution is 2.27. The normalized spacial score (nSPS) is 10.0. The number of aromatic carboxylic acids is 1. The molecule has 0 aliphatic heterocycles. The molecule has 0 amide bonds. The van der Waals surface area contributed by atoms with Gasteiger partial charge in [-0.15, -0.1) is 0 Å². The van der Waals surface area contributed by atoms with Crippen LogP contribution in [0, 0.1) is 10.1 Å². The monoisotopic (exact) mass is 302 g/mol. The number of carboxylic acid groups (broad SMARTS) is 1. The maximum atomic E-state index is 11.1. The van der Waals surface area contributed by atoms with Crippen molar-refractivity contribution in [3.8, 4) is 5.75 Å². The van der Waals surface area contributed by atoms with Crippen LogP contribution in [0.1, 0.15) is 15.9 Å². The molecule has 7 heteroatoms. The fourth-order valence-corrected chi connectivity index (χ4v) is 2.00. The number of methoxy groups -OCH3 is 1. The Balaban J connectivity index is 2.26. The van der Waals surface area contributed by atoms with Gasteiger partial charge in [-0.25, -0.2) is 4.79 Å². The van der Waals surface area contributed by atoms with Gasteiger partial charge in [0.25, 0.3) is 5.69 Å². The summed E-state index contributed by atoms with van der Waals surface area (Å²) in [6.45, 7) is 0.317. The summed E-state index contributed by atoms with van der Waals surface area (Å²) in [5, 5.41) is 22.9. The third-order valence-corrected chi connectivity index (χ3v) is 3.10. The van der Waals surface area contributed by atoms with E-state index in [-0.39, 0.29) is 16.9 Å². The average molecular weight is 302 g/mol. The number of anilines is 1. The molecule has 0 aliphatic carbocycles. The molecule has 0 heterocycles. The standard InChI is InChI=1S/C15H14N2O5/c1-22-14-5-3-2-4-11(14)9-16-12-7-6-10(15(18)19)8-13(12)17(20)21/h2-8,16H,9H2,1H3,(H,18,19). The first kappa shape index (κ1) is 15.3. The lowest BCUT2D eigenvalue weighted by Gasteiger charge is -2.11.